The second-order valence-electron chi connectivity index (χ2n) is 16.7. The Labute approximate surface area is 553 Å². The van der Waals surface area contributed by atoms with E-state index in [1.165, 1.54) is 13.0 Å². The van der Waals surface area contributed by atoms with Crippen molar-refractivity contribution in [3.8, 4) is 0 Å². The van der Waals surface area contributed by atoms with E-state index in [0.29, 0.717) is 14.9 Å². The first-order valence-electron chi connectivity index (χ1n) is 23.6. The highest BCUT2D eigenvalue weighted by Crippen LogP contribution is 2.05. The quantitative estimate of drug-likeness (QED) is 0.0498. The van der Waals surface area contributed by atoms with Crippen LogP contribution in [-0.4, -0.2) is 301 Å². The molecule has 0 unspecified atom stereocenters. The molecule has 0 amide bonds. The summed E-state index contributed by atoms with van der Waals surface area (Å²) < 4.78 is 366. The molecule has 0 saturated carbocycles. The molecule has 0 radical (unpaired) electrons. The molecule has 34 nitrogen and oxygen atoms in total. The summed E-state index contributed by atoms with van der Waals surface area (Å²) in [5, 5.41) is 8.90. The van der Waals surface area contributed by atoms with Crippen LogP contribution in [0.5, 0.6) is 0 Å². The van der Waals surface area contributed by atoms with E-state index < -0.39 is 272 Å². The van der Waals surface area contributed by atoms with Crippen LogP contribution >= 0.6 is 0 Å². The Balaban J connectivity index is -0.000000173. The molecule has 0 atom stereocenters. The van der Waals surface area contributed by atoms with Crippen LogP contribution in [0.4, 0.5) is 0 Å². The highest BCUT2D eigenvalue weighted by atomic mass is 30.1. The van der Waals surface area contributed by atoms with Gasteiger partial charge < -0.3 is 135 Å². The van der Waals surface area contributed by atoms with E-state index in [-0.39, 0.29) is 8.80 Å². The van der Waals surface area contributed by atoms with Crippen molar-refractivity contribution in [2.75, 3.05) is 0 Å². The third-order valence-corrected chi connectivity index (χ3v) is 236. The highest BCUT2D eigenvalue weighted by Gasteiger charge is 2.59. The lowest BCUT2D eigenvalue weighted by Gasteiger charge is -2.12. The van der Waals surface area contributed by atoms with E-state index in [9.17, 15) is 125 Å². The third-order valence-electron chi connectivity index (χ3n) is 7.72. The molecule has 0 rings (SSSR count). The average Bonchev–Trinajstić information content (AvgIpc) is 3.48. The number of hydrogen-bond donors (Lipinski definition) is 2. The van der Waals surface area contributed by atoms with E-state index in [0.717, 1.165) is 13.1 Å². The Kier molecular flexibility index (Phi) is 76.2. The summed E-state index contributed by atoms with van der Waals surface area (Å²) in [6, 6.07) is 0. The van der Waals surface area contributed by atoms with Gasteiger partial charge in [-0.25, -0.2) is 0 Å². The molecule has 0 aliphatic rings. The number of rotatable bonds is 30. The van der Waals surface area contributed by atoms with Gasteiger partial charge in [0.1, 0.15) is 8.80 Å². The minimum Gasteiger partial charge on any atom is -0.518 e. The summed E-state index contributed by atoms with van der Waals surface area (Å²) in [6.07, 6.45) is 1.25. The summed E-state index contributed by atoms with van der Waals surface area (Å²) in [6.45, 7) is 31.2. The molecular weight excluding hydrogens is 1770 g/mol. The summed E-state index contributed by atoms with van der Waals surface area (Å²) in [7, 11) is -110. The van der Waals surface area contributed by atoms with Crippen molar-refractivity contribution in [1.82, 2.24) is 0 Å². The van der Waals surface area contributed by atoms with Crippen LogP contribution in [-0.2, 0) is 143 Å². The smallest absolute Gasteiger partial charge is 0.518 e. The zero-order valence-corrected chi connectivity index (χ0v) is 86.6. The monoisotopic (exact) mass is 1830 g/mol. The maximum absolute atomic E-state index is 13.1. The molecule has 0 spiro atoms. The molecular formula is C18H58O34Si36. The van der Waals surface area contributed by atoms with Crippen LogP contribution in [0.3, 0.4) is 0 Å². The fourth-order valence-electron chi connectivity index (χ4n) is 3.11. The fraction of sp³-hybridized carbons (Fsp3) is 0.778. The summed E-state index contributed by atoms with van der Waals surface area (Å²) in [5.41, 5.74) is 2.06. The first kappa shape index (κ1) is 107. The Morgan fingerprint density at radius 2 is 0.580 bits per heavy atom. The van der Waals surface area contributed by atoms with Gasteiger partial charge in [0.25, 0.3) is 0 Å². The summed E-state index contributed by atoms with van der Waals surface area (Å²) >= 11 is 0. The van der Waals surface area contributed by atoms with Crippen molar-refractivity contribution >= 4 is 291 Å². The van der Waals surface area contributed by atoms with Crippen molar-refractivity contribution < 1.29 is 153 Å². The molecule has 88 heavy (non-hydrogen) atoms. The minimum atomic E-state index is -4.29. The van der Waals surface area contributed by atoms with Crippen LogP contribution in [0.1, 0.15) is 20.3 Å². The summed E-state index contributed by atoms with van der Waals surface area (Å²) in [4.78, 5) is 8.19. The van der Waals surface area contributed by atoms with Gasteiger partial charge in [-0.1, -0.05) is 85.8 Å². The van der Waals surface area contributed by atoms with Crippen LogP contribution in [0.15, 0.2) is 24.2 Å². The van der Waals surface area contributed by atoms with Crippen molar-refractivity contribution in [3.05, 3.63) is 24.2 Å². The Hall–Kier alpha value is 0.648. The van der Waals surface area contributed by atoms with Gasteiger partial charge in [0.05, 0.1) is 14.2 Å². The van der Waals surface area contributed by atoms with Gasteiger partial charge in [0, 0.05) is 9.52 Å². The second-order valence-corrected chi connectivity index (χ2v) is 172. The van der Waals surface area contributed by atoms with Crippen LogP contribution in [0.2, 0.25) is 72.0 Å². The Morgan fingerprint density at radius 3 is 0.705 bits per heavy atom. The van der Waals surface area contributed by atoms with E-state index in [4.69, 9.17) is 27.7 Å². The van der Waals surface area contributed by atoms with Gasteiger partial charge >= 0.3 is 240 Å². The minimum absolute atomic E-state index is 0.386. The van der Waals surface area contributed by atoms with Crippen molar-refractivity contribution in [2.24, 2.45) is 0 Å². The van der Waals surface area contributed by atoms with E-state index in [2.05, 4.69) is 58.9 Å². The lowest BCUT2D eigenvalue weighted by molar-refractivity contribution is 0.450. The molecule has 0 aliphatic carbocycles. The molecule has 0 aromatic heterocycles. The fourth-order valence-corrected chi connectivity index (χ4v) is 326. The van der Waals surface area contributed by atoms with Crippen molar-refractivity contribution in [2.45, 2.75) is 92.3 Å². The molecule has 0 aliphatic heterocycles. The predicted molar refractivity (Wildman–Crippen MR) is 348 cm³/mol. The molecule has 2 N–H and O–H groups in total. The lowest BCUT2D eigenvalue weighted by atomic mass is 10.6. The maximum Gasteiger partial charge on any atom is 0.549 e. The molecule has 0 saturated heterocycles. The molecule has 0 aromatic carbocycles. The van der Waals surface area contributed by atoms with Gasteiger partial charge in [-0.15, -0.1) is 12.3 Å². The van der Waals surface area contributed by atoms with E-state index in [1.807, 2.05) is 26.2 Å². The van der Waals surface area contributed by atoms with Crippen LogP contribution in [0.25, 0.3) is 0 Å². The van der Waals surface area contributed by atoms with E-state index in [1.54, 1.807) is 0 Å². The number of aliphatic hydroxyl groups excluding tert-OH is 1. The first-order chi connectivity index (χ1) is 40.1. The van der Waals surface area contributed by atoms with Crippen molar-refractivity contribution in [3.63, 3.8) is 0 Å². The molecule has 0 aromatic rings. The predicted octanol–water partition coefficient (Wildman–Crippen LogP) is -11.7. The summed E-state index contributed by atoms with van der Waals surface area (Å²) in [5.74, 6) is 0. The van der Waals surface area contributed by atoms with Gasteiger partial charge in [-0.3, -0.25) is 17.8 Å². The molecule has 70 heteroatoms. The van der Waals surface area contributed by atoms with Gasteiger partial charge in [-0.05, 0) is 13.1 Å². The van der Waals surface area contributed by atoms with Gasteiger partial charge in [0.2, 0.25) is 0 Å². The zero-order chi connectivity index (χ0) is 72.6. The zero-order valence-electron chi connectivity index (χ0n) is 49.0. The lowest BCUT2D eigenvalue weighted by Crippen LogP contribution is -2.64. The van der Waals surface area contributed by atoms with Gasteiger partial charge in [0.15, 0.2) is 24.0 Å². The molecule has 0 fully saturated rings. The van der Waals surface area contributed by atoms with Crippen LogP contribution in [0, 0.1) is 0 Å². The molecule has 0 heterocycles. The van der Waals surface area contributed by atoms with Crippen molar-refractivity contribution in [1.29, 1.82) is 0 Å². The Morgan fingerprint density at radius 1 is 0.443 bits per heavy atom. The Bertz CT molecular complexity index is 2820. The third kappa shape index (κ3) is 48.4. The normalized spacial score (nSPS) is 8.98. The number of aliphatic hydroxyl groups is 1. The highest BCUT2D eigenvalue weighted by molar-refractivity contribution is 7.87. The largest absolute Gasteiger partial charge is 0.549 e. The number of hydrogen-bond acceptors (Lipinski definition) is 34. The first-order valence-corrected chi connectivity index (χ1v) is 109. The van der Waals surface area contributed by atoms with Gasteiger partial charge in [-0.2, -0.15) is 0 Å². The average molecular weight is 1830 g/mol. The molecule has 0 bridgehead atoms. The maximum atomic E-state index is 13.1. The second kappa shape index (κ2) is 62.5. The molecule has 478 valence electrons. The van der Waals surface area contributed by atoms with E-state index >= 15 is 0 Å². The van der Waals surface area contributed by atoms with Crippen LogP contribution < -0.4 is 0 Å². The SMILES string of the molecule is C=C(O)[SiH](C)C.C=C[SiH](C)C.CCC.C[SiH2]C.C[SiH](C)O.C[SiH]([Si](=O)[Si](=O)[SiH]=O)[Si](=O)[Si](=O)[SiH]=O.C[Si](C)([Si](=O)[Si](=O)[Si](=O)[Si](=O)[Si](=O)[Si](=O)[Si](=O)[Si](=O)[Si](=O)[Si](=O)[SiH]=O)[Si](=O)[Si](=O)[Si](=O)[Si](=O)[Si](=O)[Si](=O)[Si](=O)[Si](=O)[Si](=O)[Si](=O)[SiH]=O.O=[Si]=O.O=[Si]=O. The topological polar surface area (TPSA) is 587 Å². The standard InChI is InChI=1S/C4H10OSi.C4H10Si.C3H8.C2H8O22Si23.C2H8OSi.C2H8Si.CH6O6Si7.2O2Si/c1-4(5)6(2)3;1-4-5(2)3;1-3-2;1-47(2,45(23)43(21)41(19)39(17)37(15)35(13)33(11)31(9)29(7)27(5)25-3)46(24)44(22)42(20)40(18)38(16)36(14)34(12)32(10)30(8)28(6)26-4;1-4(2)3;1-3-2;1-10(13(6)11(4)8-2)14(7)12(5)9-3;2*1-3-2/h5-6H,1H2,2-3H3;4-5H,1H2,2-3H3;3H2,1-2H3;25-26H,1-2H3;3-4H,1-2H3;3H2,1-2H3;8-10H,1H3;;.